The van der Waals surface area contributed by atoms with Crippen molar-refractivity contribution in [2.45, 2.75) is 13.2 Å². The minimum absolute atomic E-state index is 0.371. The molecule has 94 valence electrons. The second-order valence-electron chi connectivity index (χ2n) is 3.71. The molecule has 0 radical (unpaired) electrons. The van der Waals surface area contributed by atoms with Crippen LogP contribution in [0.25, 0.3) is 0 Å². The fourth-order valence-electron chi connectivity index (χ4n) is 1.45. The molecule has 0 unspecified atom stereocenters. The average Bonchev–Trinajstić information content (AvgIpc) is 2.39. The van der Waals surface area contributed by atoms with E-state index in [0.717, 1.165) is 15.6 Å². The van der Waals surface area contributed by atoms with E-state index in [2.05, 4.69) is 20.9 Å². The Labute approximate surface area is 119 Å². The van der Waals surface area contributed by atoms with E-state index in [1.54, 1.807) is 12.3 Å². The molecule has 0 saturated heterocycles. The van der Waals surface area contributed by atoms with E-state index in [1.165, 1.54) is 0 Å². The van der Waals surface area contributed by atoms with Crippen LogP contribution >= 0.6 is 27.5 Å². The van der Waals surface area contributed by atoms with Gasteiger partial charge in [-0.05, 0) is 29.3 Å². The smallest absolute Gasteiger partial charge is 0.233 e. The lowest BCUT2D eigenvalue weighted by molar-refractivity contribution is 0.294. The summed E-state index contributed by atoms with van der Waals surface area (Å²) in [5.41, 5.74) is 7.45. The lowest BCUT2D eigenvalue weighted by atomic mass is 10.2. The zero-order valence-electron chi connectivity index (χ0n) is 9.57. The van der Waals surface area contributed by atoms with Gasteiger partial charge in [0.25, 0.3) is 0 Å². The Kier molecular flexibility index (Phi) is 4.58. The first kappa shape index (κ1) is 13.3. The number of nitrogens with zero attached hydrogens (tertiary/aromatic N) is 1. The topological polar surface area (TPSA) is 48.1 Å². The van der Waals surface area contributed by atoms with Crippen LogP contribution in [0.2, 0.25) is 5.02 Å². The lowest BCUT2D eigenvalue weighted by Crippen LogP contribution is -2.02. The summed E-state index contributed by atoms with van der Waals surface area (Å²) in [5, 5.41) is 0.483. The van der Waals surface area contributed by atoms with Crippen LogP contribution < -0.4 is 10.5 Å². The Balaban J connectivity index is 2.08. The van der Waals surface area contributed by atoms with E-state index in [9.17, 15) is 0 Å². The highest BCUT2D eigenvalue weighted by Crippen LogP contribution is 2.26. The quantitative estimate of drug-likeness (QED) is 0.934. The summed E-state index contributed by atoms with van der Waals surface area (Å²) in [4.78, 5) is 4.10. The Bertz CT molecular complexity index is 531. The molecule has 0 spiro atoms. The van der Waals surface area contributed by atoms with E-state index in [1.807, 2.05) is 24.3 Å². The van der Waals surface area contributed by atoms with E-state index in [-0.39, 0.29) is 0 Å². The van der Waals surface area contributed by atoms with Crippen LogP contribution in [0.3, 0.4) is 0 Å². The number of hydrogen-bond donors (Lipinski definition) is 1. The summed E-state index contributed by atoms with van der Waals surface area (Å²) in [6.45, 7) is 0.796. The van der Waals surface area contributed by atoms with Crippen LogP contribution in [0.4, 0.5) is 0 Å². The molecule has 0 saturated carbocycles. The highest BCUT2D eigenvalue weighted by Gasteiger charge is 2.07. The fourth-order valence-corrected chi connectivity index (χ4v) is 1.96. The first-order chi connectivity index (χ1) is 8.70. The summed E-state index contributed by atoms with van der Waals surface area (Å²) in [6.07, 6.45) is 1.64. The summed E-state index contributed by atoms with van der Waals surface area (Å²) in [5.74, 6) is 0.419. The molecule has 18 heavy (non-hydrogen) atoms. The number of hydrogen-bond acceptors (Lipinski definition) is 3. The molecule has 0 aliphatic carbocycles. The maximum atomic E-state index is 6.13. The summed E-state index contributed by atoms with van der Waals surface area (Å²) in [6, 6.07) is 9.67. The Morgan fingerprint density at radius 1 is 1.22 bits per heavy atom. The second kappa shape index (κ2) is 6.18. The van der Waals surface area contributed by atoms with Crippen LogP contribution in [-0.2, 0) is 13.2 Å². The first-order valence-electron chi connectivity index (χ1n) is 5.41. The number of pyridine rings is 1. The van der Waals surface area contributed by atoms with Gasteiger partial charge in [0.05, 0.1) is 0 Å². The van der Waals surface area contributed by atoms with Crippen molar-refractivity contribution < 1.29 is 4.74 Å². The van der Waals surface area contributed by atoms with E-state index in [0.29, 0.717) is 24.1 Å². The molecule has 0 amide bonds. The van der Waals surface area contributed by atoms with Crippen LogP contribution in [0.1, 0.15) is 11.1 Å². The van der Waals surface area contributed by atoms with Gasteiger partial charge in [0, 0.05) is 17.2 Å². The van der Waals surface area contributed by atoms with E-state index in [4.69, 9.17) is 22.1 Å². The molecular formula is C13H12BrClN2O. The van der Waals surface area contributed by atoms with Crippen LogP contribution in [0.15, 0.2) is 41.0 Å². The standard InChI is InChI=1S/C13H12BrClN2O/c14-11-3-1-9(2-4-11)8-18-13-12(15)10(7-16)5-6-17-13/h1-6H,7-8,16H2. The zero-order valence-corrected chi connectivity index (χ0v) is 11.9. The minimum Gasteiger partial charge on any atom is -0.472 e. The van der Waals surface area contributed by atoms with Gasteiger partial charge in [0.15, 0.2) is 0 Å². The summed E-state index contributed by atoms with van der Waals surface area (Å²) >= 11 is 9.51. The Morgan fingerprint density at radius 2 is 1.94 bits per heavy atom. The third kappa shape index (κ3) is 3.22. The largest absolute Gasteiger partial charge is 0.472 e. The molecule has 3 nitrogen and oxygen atoms in total. The number of rotatable bonds is 4. The first-order valence-corrected chi connectivity index (χ1v) is 6.58. The third-order valence-corrected chi connectivity index (χ3v) is 3.38. The van der Waals surface area contributed by atoms with Crippen molar-refractivity contribution in [3.8, 4) is 5.88 Å². The van der Waals surface area contributed by atoms with Gasteiger partial charge < -0.3 is 10.5 Å². The maximum Gasteiger partial charge on any atom is 0.233 e. The molecule has 0 aliphatic heterocycles. The number of benzene rings is 1. The summed E-state index contributed by atoms with van der Waals surface area (Å²) < 4.78 is 6.63. The van der Waals surface area contributed by atoms with Gasteiger partial charge in [-0.1, -0.05) is 39.7 Å². The Morgan fingerprint density at radius 3 is 2.61 bits per heavy atom. The summed E-state index contributed by atoms with van der Waals surface area (Å²) in [7, 11) is 0. The van der Waals surface area contributed by atoms with E-state index < -0.39 is 0 Å². The molecule has 1 aromatic carbocycles. The number of halogens is 2. The van der Waals surface area contributed by atoms with Crippen molar-refractivity contribution in [2.75, 3.05) is 0 Å². The zero-order chi connectivity index (χ0) is 13.0. The normalized spacial score (nSPS) is 10.4. The SMILES string of the molecule is NCc1ccnc(OCc2ccc(Br)cc2)c1Cl. The molecular weight excluding hydrogens is 316 g/mol. The molecule has 5 heteroatoms. The fraction of sp³-hybridized carbons (Fsp3) is 0.154. The second-order valence-corrected chi connectivity index (χ2v) is 5.00. The molecule has 2 aromatic rings. The van der Waals surface area contributed by atoms with Gasteiger partial charge in [-0.3, -0.25) is 0 Å². The Hall–Kier alpha value is -1.10. The van der Waals surface area contributed by atoms with Gasteiger partial charge in [0.1, 0.15) is 11.6 Å². The molecule has 0 bridgehead atoms. The van der Waals surface area contributed by atoms with Gasteiger partial charge in [-0.15, -0.1) is 0 Å². The van der Waals surface area contributed by atoms with Crippen LogP contribution in [0, 0.1) is 0 Å². The van der Waals surface area contributed by atoms with E-state index >= 15 is 0 Å². The van der Waals surface area contributed by atoms with Gasteiger partial charge in [0.2, 0.25) is 5.88 Å². The minimum atomic E-state index is 0.371. The van der Waals surface area contributed by atoms with Crippen molar-refractivity contribution in [1.29, 1.82) is 0 Å². The third-order valence-electron chi connectivity index (χ3n) is 2.45. The van der Waals surface area contributed by atoms with Crippen LogP contribution in [-0.4, -0.2) is 4.98 Å². The van der Waals surface area contributed by atoms with Crippen molar-refractivity contribution in [3.05, 3.63) is 57.2 Å². The molecule has 1 heterocycles. The molecule has 0 aliphatic rings. The predicted octanol–water partition coefficient (Wildman–Crippen LogP) is 3.54. The van der Waals surface area contributed by atoms with Crippen molar-refractivity contribution >= 4 is 27.5 Å². The van der Waals surface area contributed by atoms with Gasteiger partial charge in [-0.25, -0.2) is 4.98 Å². The average molecular weight is 328 g/mol. The number of ether oxygens (including phenoxy) is 1. The predicted molar refractivity (Wildman–Crippen MR) is 75.6 cm³/mol. The van der Waals surface area contributed by atoms with Gasteiger partial charge >= 0.3 is 0 Å². The number of nitrogens with two attached hydrogens (primary N) is 1. The van der Waals surface area contributed by atoms with Crippen LogP contribution in [0.5, 0.6) is 5.88 Å². The lowest BCUT2D eigenvalue weighted by Gasteiger charge is -2.09. The molecule has 0 atom stereocenters. The highest BCUT2D eigenvalue weighted by atomic mass is 79.9. The van der Waals surface area contributed by atoms with Crippen molar-refractivity contribution in [3.63, 3.8) is 0 Å². The van der Waals surface area contributed by atoms with Gasteiger partial charge in [-0.2, -0.15) is 0 Å². The maximum absolute atomic E-state index is 6.13. The highest BCUT2D eigenvalue weighted by molar-refractivity contribution is 9.10. The molecule has 1 aromatic heterocycles. The molecule has 2 N–H and O–H groups in total. The molecule has 2 rings (SSSR count). The van der Waals surface area contributed by atoms with Crippen molar-refractivity contribution in [2.24, 2.45) is 5.73 Å². The number of aromatic nitrogens is 1. The molecule has 0 fully saturated rings. The monoisotopic (exact) mass is 326 g/mol. The van der Waals surface area contributed by atoms with Crippen molar-refractivity contribution in [1.82, 2.24) is 4.98 Å².